The van der Waals surface area contributed by atoms with Gasteiger partial charge in [0.25, 0.3) is 0 Å². The number of benzene rings is 1. The molecular weight excluding hydrogens is 158 g/mol. The monoisotopic (exact) mass is 173 g/mol. The molecule has 0 fully saturated rings. The Morgan fingerprint density at radius 1 is 1.31 bits per heavy atom. The van der Waals surface area contributed by atoms with Crippen molar-refractivity contribution >= 4 is 5.69 Å². The third-order valence-corrected chi connectivity index (χ3v) is 2.04. The van der Waals surface area contributed by atoms with Gasteiger partial charge in [0.2, 0.25) is 0 Å². The Hall–Kier alpha value is -1.50. The largest absolute Gasteiger partial charge is 0.345 e. The summed E-state index contributed by atoms with van der Waals surface area (Å²) in [4.78, 5) is 2.10. The van der Waals surface area contributed by atoms with Crippen molar-refractivity contribution in [1.82, 2.24) is 0 Å². The molecule has 1 aromatic carbocycles. The van der Waals surface area contributed by atoms with Crippen molar-refractivity contribution in [2.45, 2.75) is 6.92 Å². The fourth-order valence-electron chi connectivity index (χ4n) is 1.25. The lowest BCUT2D eigenvalue weighted by atomic mass is 10.2. The molecule has 0 unspecified atom stereocenters. The molecule has 0 saturated heterocycles. The number of nitrogens with zero attached hydrogens (tertiary/aromatic N) is 1. The van der Waals surface area contributed by atoms with Crippen LogP contribution in [0.1, 0.15) is 6.92 Å². The van der Waals surface area contributed by atoms with Crippen LogP contribution in [0.2, 0.25) is 0 Å². The molecule has 1 nitrogen and oxygen atoms in total. The van der Waals surface area contributed by atoms with Gasteiger partial charge in [-0.3, -0.25) is 0 Å². The maximum atomic E-state index is 3.77. The van der Waals surface area contributed by atoms with E-state index < -0.39 is 0 Å². The van der Waals surface area contributed by atoms with Gasteiger partial charge >= 0.3 is 0 Å². The number of anilines is 1. The minimum absolute atomic E-state index is 1.12. The Morgan fingerprint density at radius 3 is 2.38 bits per heavy atom. The topological polar surface area (TPSA) is 3.24 Å². The Balaban J connectivity index is 2.91. The van der Waals surface area contributed by atoms with Crippen molar-refractivity contribution in [3.05, 3.63) is 54.8 Å². The second kappa shape index (κ2) is 4.51. The van der Waals surface area contributed by atoms with E-state index in [1.807, 2.05) is 44.3 Å². The predicted molar refractivity (Wildman–Crippen MR) is 58.8 cm³/mol. The molecule has 1 rings (SSSR count). The van der Waals surface area contributed by atoms with Gasteiger partial charge in [-0.15, -0.1) is 0 Å². The molecule has 0 spiro atoms. The molecule has 0 atom stereocenters. The van der Waals surface area contributed by atoms with Crippen molar-refractivity contribution < 1.29 is 0 Å². The van der Waals surface area contributed by atoms with Gasteiger partial charge in [0, 0.05) is 18.4 Å². The molecule has 0 amide bonds. The third-order valence-electron chi connectivity index (χ3n) is 2.04. The second-order valence-corrected chi connectivity index (χ2v) is 2.81. The first-order valence-electron chi connectivity index (χ1n) is 4.37. The zero-order valence-electron chi connectivity index (χ0n) is 8.20. The van der Waals surface area contributed by atoms with Gasteiger partial charge in [-0.05, 0) is 25.1 Å². The molecular formula is C12H15N. The van der Waals surface area contributed by atoms with Gasteiger partial charge < -0.3 is 4.90 Å². The second-order valence-electron chi connectivity index (χ2n) is 2.81. The van der Waals surface area contributed by atoms with Crippen molar-refractivity contribution in [3.63, 3.8) is 0 Å². The highest BCUT2D eigenvalue weighted by Gasteiger charge is 2.00. The average molecular weight is 173 g/mol. The fraction of sp³-hybridized carbons (Fsp3) is 0.167. The number of rotatable bonds is 3. The Morgan fingerprint density at radius 2 is 1.92 bits per heavy atom. The van der Waals surface area contributed by atoms with E-state index in [1.165, 1.54) is 5.69 Å². The highest BCUT2D eigenvalue weighted by Crippen LogP contribution is 2.16. The molecule has 0 radical (unpaired) electrons. The van der Waals surface area contributed by atoms with Crippen molar-refractivity contribution in [1.29, 1.82) is 0 Å². The summed E-state index contributed by atoms with van der Waals surface area (Å²) in [6.07, 6.45) is 3.90. The van der Waals surface area contributed by atoms with Crippen molar-refractivity contribution in [3.8, 4) is 0 Å². The lowest BCUT2D eigenvalue weighted by Gasteiger charge is -2.19. The lowest BCUT2D eigenvalue weighted by molar-refractivity contribution is 1.13. The van der Waals surface area contributed by atoms with E-state index in [0.717, 1.165) is 5.70 Å². The summed E-state index contributed by atoms with van der Waals surface area (Å²) in [6, 6.07) is 10.2. The number of hydrogen-bond donors (Lipinski definition) is 0. The van der Waals surface area contributed by atoms with E-state index in [-0.39, 0.29) is 0 Å². The molecule has 0 saturated carbocycles. The molecule has 13 heavy (non-hydrogen) atoms. The average Bonchev–Trinajstić information content (AvgIpc) is 2.21. The van der Waals surface area contributed by atoms with Crippen LogP contribution in [0, 0.1) is 0 Å². The summed E-state index contributed by atoms with van der Waals surface area (Å²) in [5.41, 5.74) is 2.29. The van der Waals surface area contributed by atoms with E-state index in [0.29, 0.717) is 0 Å². The highest BCUT2D eigenvalue weighted by molar-refractivity contribution is 5.52. The normalized spacial score (nSPS) is 11.1. The third kappa shape index (κ3) is 2.22. The number of allylic oxidation sites excluding steroid dienone is 2. The van der Waals surface area contributed by atoms with Gasteiger partial charge in [-0.2, -0.15) is 0 Å². The van der Waals surface area contributed by atoms with Crippen LogP contribution in [0.25, 0.3) is 0 Å². The standard InChI is InChI=1S/C12H15N/c1-4-11(5-2)13(3)12-9-7-6-8-10-12/h4-10H,1H2,2-3H3/b11-5+. The summed E-state index contributed by atoms with van der Waals surface area (Å²) in [5, 5.41) is 0. The summed E-state index contributed by atoms with van der Waals surface area (Å²) < 4.78 is 0. The summed E-state index contributed by atoms with van der Waals surface area (Å²) in [7, 11) is 2.03. The maximum absolute atomic E-state index is 3.77. The smallest absolute Gasteiger partial charge is 0.0407 e. The lowest BCUT2D eigenvalue weighted by Crippen LogP contribution is -2.14. The van der Waals surface area contributed by atoms with Crippen molar-refractivity contribution in [2.75, 3.05) is 11.9 Å². The predicted octanol–water partition coefficient (Wildman–Crippen LogP) is 3.21. The molecule has 0 aliphatic carbocycles. The van der Waals surface area contributed by atoms with Crippen LogP contribution < -0.4 is 4.90 Å². The minimum atomic E-state index is 1.12. The van der Waals surface area contributed by atoms with Crippen molar-refractivity contribution in [2.24, 2.45) is 0 Å². The molecule has 0 aliphatic rings. The number of likely N-dealkylation sites (N-methyl/N-ethyl adjacent to an activating group) is 1. The molecule has 68 valence electrons. The van der Waals surface area contributed by atoms with E-state index in [4.69, 9.17) is 0 Å². The zero-order chi connectivity index (χ0) is 9.68. The van der Waals surface area contributed by atoms with Crippen LogP contribution in [0.15, 0.2) is 54.8 Å². The molecule has 1 heteroatoms. The molecule has 0 N–H and O–H groups in total. The maximum Gasteiger partial charge on any atom is 0.0407 e. The summed E-state index contributed by atoms with van der Waals surface area (Å²) in [6.45, 7) is 5.78. The molecule has 0 heterocycles. The summed E-state index contributed by atoms with van der Waals surface area (Å²) in [5.74, 6) is 0. The highest BCUT2D eigenvalue weighted by atomic mass is 15.1. The van der Waals surface area contributed by atoms with Crippen LogP contribution in [0.5, 0.6) is 0 Å². The molecule has 0 aromatic heterocycles. The van der Waals surface area contributed by atoms with Crippen LogP contribution in [0.4, 0.5) is 5.69 Å². The van der Waals surface area contributed by atoms with Gasteiger partial charge in [0.1, 0.15) is 0 Å². The fourth-order valence-corrected chi connectivity index (χ4v) is 1.25. The summed E-state index contributed by atoms with van der Waals surface area (Å²) >= 11 is 0. The van der Waals surface area contributed by atoms with Gasteiger partial charge in [-0.1, -0.05) is 30.9 Å². The first kappa shape index (κ1) is 9.59. The molecule has 1 aromatic rings. The van der Waals surface area contributed by atoms with E-state index in [1.54, 1.807) is 0 Å². The quantitative estimate of drug-likeness (QED) is 0.634. The first-order chi connectivity index (χ1) is 6.29. The van der Waals surface area contributed by atoms with Crippen LogP contribution in [0.3, 0.4) is 0 Å². The Bertz CT molecular complexity index is 298. The zero-order valence-corrected chi connectivity index (χ0v) is 8.20. The van der Waals surface area contributed by atoms with Crippen LogP contribution >= 0.6 is 0 Å². The number of hydrogen-bond acceptors (Lipinski definition) is 1. The number of para-hydroxylation sites is 1. The van der Waals surface area contributed by atoms with E-state index in [2.05, 4.69) is 23.6 Å². The minimum Gasteiger partial charge on any atom is -0.345 e. The Labute approximate surface area is 80.0 Å². The van der Waals surface area contributed by atoms with Crippen LogP contribution in [-0.4, -0.2) is 7.05 Å². The Kier molecular flexibility index (Phi) is 3.32. The van der Waals surface area contributed by atoms with E-state index in [9.17, 15) is 0 Å². The van der Waals surface area contributed by atoms with Gasteiger partial charge in [-0.25, -0.2) is 0 Å². The molecule has 0 bridgehead atoms. The van der Waals surface area contributed by atoms with Gasteiger partial charge in [0.05, 0.1) is 0 Å². The first-order valence-corrected chi connectivity index (χ1v) is 4.37. The SMILES string of the molecule is C=C/C(=C\C)N(C)c1ccccc1. The van der Waals surface area contributed by atoms with Gasteiger partial charge in [0.15, 0.2) is 0 Å². The van der Waals surface area contributed by atoms with Crippen LogP contribution in [-0.2, 0) is 0 Å². The van der Waals surface area contributed by atoms with E-state index >= 15 is 0 Å². The molecule has 0 aliphatic heterocycles.